The van der Waals surface area contributed by atoms with Crippen LogP contribution in [0.3, 0.4) is 0 Å². The van der Waals surface area contributed by atoms with E-state index in [-0.39, 0.29) is 10.9 Å². The molecule has 0 heterocycles. The van der Waals surface area contributed by atoms with Crippen LogP contribution in [-0.4, -0.2) is 14.5 Å². The van der Waals surface area contributed by atoms with E-state index in [1.54, 1.807) is 12.1 Å². The average molecular weight is 236 g/mol. The number of sulfonamides is 1. The Morgan fingerprint density at radius 3 is 2.44 bits per heavy atom. The van der Waals surface area contributed by atoms with Crippen molar-refractivity contribution in [2.75, 3.05) is 0 Å². The van der Waals surface area contributed by atoms with Crippen molar-refractivity contribution in [2.24, 2.45) is 0 Å². The summed E-state index contributed by atoms with van der Waals surface area (Å²) in [5.74, 6) is 0. The normalized spacial score (nSPS) is 15.7. The van der Waals surface area contributed by atoms with Crippen molar-refractivity contribution in [2.45, 2.75) is 30.2 Å². The predicted molar refractivity (Wildman–Crippen MR) is 59.1 cm³/mol. The van der Waals surface area contributed by atoms with Gasteiger partial charge in [0.05, 0.1) is 17.4 Å². The van der Waals surface area contributed by atoms with Gasteiger partial charge in [-0.2, -0.15) is 5.26 Å². The molecule has 4 nitrogen and oxygen atoms in total. The number of hydrogen-bond donors (Lipinski definition) is 1. The molecule has 1 fully saturated rings. The minimum absolute atomic E-state index is 0.115. The third-order valence-corrected chi connectivity index (χ3v) is 3.95. The number of rotatable bonds is 4. The van der Waals surface area contributed by atoms with Crippen LogP contribution in [0.5, 0.6) is 0 Å². The molecule has 0 aromatic heterocycles. The van der Waals surface area contributed by atoms with Crippen molar-refractivity contribution < 1.29 is 8.42 Å². The number of nitriles is 1. The van der Waals surface area contributed by atoms with Crippen LogP contribution in [0.2, 0.25) is 0 Å². The van der Waals surface area contributed by atoms with Crippen molar-refractivity contribution >= 4 is 10.0 Å². The molecule has 0 unspecified atom stereocenters. The summed E-state index contributed by atoms with van der Waals surface area (Å²) >= 11 is 0. The molecule has 1 aromatic carbocycles. The quantitative estimate of drug-likeness (QED) is 0.853. The summed E-state index contributed by atoms with van der Waals surface area (Å²) < 4.78 is 26.2. The number of hydrogen-bond acceptors (Lipinski definition) is 3. The number of benzene rings is 1. The summed E-state index contributed by atoms with van der Waals surface area (Å²) in [4.78, 5) is 0.265. The van der Waals surface area contributed by atoms with Gasteiger partial charge in [-0.15, -0.1) is 0 Å². The topological polar surface area (TPSA) is 70.0 Å². The van der Waals surface area contributed by atoms with Crippen molar-refractivity contribution in [3.63, 3.8) is 0 Å². The van der Waals surface area contributed by atoms with E-state index in [1.165, 1.54) is 12.1 Å². The molecule has 1 N–H and O–H groups in total. The Kier molecular flexibility index (Phi) is 2.95. The van der Waals surface area contributed by atoms with E-state index < -0.39 is 10.0 Å². The highest BCUT2D eigenvalue weighted by molar-refractivity contribution is 7.89. The minimum Gasteiger partial charge on any atom is -0.208 e. The van der Waals surface area contributed by atoms with Crippen molar-refractivity contribution in [3.05, 3.63) is 29.8 Å². The Balaban J connectivity index is 2.17. The van der Waals surface area contributed by atoms with Crippen LogP contribution >= 0.6 is 0 Å². The molecule has 1 aromatic rings. The molecule has 5 heteroatoms. The van der Waals surface area contributed by atoms with Crippen LogP contribution in [0.4, 0.5) is 0 Å². The first-order chi connectivity index (χ1) is 7.62. The Morgan fingerprint density at radius 1 is 1.31 bits per heavy atom. The third kappa shape index (κ3) is 2.60. The molecule has 0 aliphatic heterocycles. The van der Waals surface area contributed by atoms with Gasteiger partial charge in [0, 0.05) is 6.04 Å². The molecule has 1 aliphatic carbocycles. The van der Waals surface area contributed by atoms with E-state index in [0.29, 0.717) is 6.42 Å². The van der Waals surface area contributed by atoms with Gasteiger partial charge in [-0.25, -0.2) is 13.1 Å². The fourth-order valence-electron chi connectivity index (χ4n) is 1.37. The molecule has 1 aliphatic rings. The molecule has 2 rings (SSSR count). The first-order valence-electron chi connectivity index (χ1n) is 5.10. The Morgan fingerprint density at radius 2 is 1.94 bits per heavy atom. The van der Waals surface area contributed by atoms with E-state index in [2.05, 4.69) is 4.72 Å². The Hall–Kier alpha value is -1.38. The van der Waals surface area contributed by atoms with Crippen LogP contribution in [0.1, 0.15) is 18.4 Å². The van der Waals surface area contributed by atoms with E-state index in [4.69, 9.17) is 5.26 Å². The molecule has 0 atom stereocenters. The third-order valence-electron chi connectivity index (χ3n) is 2.42. The number of nitrogens with one attached hydrogen (secondary N) is 1. The van der Waals surface area contributed by atoms with Crippen molar-refractivity contribution in [1.29, 1.82) is 5.26 Å². The lowest BCUT2D eigenvalue weighted by Gasteiger charge is -2.05. The van der Waals surface area contributed by atoms with Gasteiger partial charge in [-0.3, -0.25) is 0 Å². The second-order valence-electron chi connectivity index (χ2n) is 3.87. The van der Waals surface area contributed by atoms with Gasteiger partial charge in [-0.05, 0) is 30.5 Å². The maximum absolute atomic E-state index is 11.8. The van der Waals surface area contributed by atoms with Gasteiger partial charge in [0.15, 0.2) is 0 Å². The highest BCUT2D eigenvalue weighted by Gasteiger charge is 2.27. The second-order valence-corrected chi connectivity index (χ2v) is 5.59. The van der Waals surface area contributed by atoms with Gasteiger partial charge in [0.1, 0.15) is 0 Å². The molecule has 84 valence electrons. The van der Waals surface area contributed by atoms with Crippen molar-refractivity contribution in [3.8, 4) is 6.07 Å². The lowest BCUT2D eigenvalue weighted by molar-refractivity contribution is 0.581. The van der Waals surface area contributed by atoms with Crippen LogP contribution in [0.25, 0.3) is 0 Å². The minimum atomic E-state index is -3.36. The zero-order chi connectivity index (χ0) is 11.6. The summed E-state index contributed by atoms with van der Waals surface area (Å²) in [5, 5.41) is 8.50. The summed E-state index contributed by atoms with van der Waals surface area (Å²) in [6.07, 6.45) is 2.15. The SMILES string of the molecule is N#CCc1ccc(S(=O)(=O)NC2CC2)cc1. The van der Waals surface area contributed by atoms with Gasteiger partial charge in [0.25, 0.3) is 0 Å². The molecule has 0 saturated heterocycles. The average Bonchev–Trinajstić information content (AvgIpc) is 3.02. The monoisotopic (exact) mass is 236 g/mol. The van der Waals surface area contributed by atoms with E-state index in [0.717, 1.165) is 18.4 Å². The van der Waals surface area contributed by atoms with E-state index in [9.17, 15) is 8.42 Å². The first kappa shape index (κ1) is 11.1. The summed E-state index contributed by atoms with van der Waals surface area (Å²) in [7, 11) is -3.36. The van der Waals surface area contributed by atoms with Gasteiger partial charge < -0.3 is 0 Å². The van der Waals surface area contributed by atoms with Gasteiger partial charge >= 0.3 is 0 Å². The van der Waals surface area contributed by atoms with Crippen LogP contribution in [0.15, 0.2) is 29.2 Å². The smallest absolute Gasteiger partial charge is 0.208 e. The fraction of sp³-hybridized carbons (Fsp3) is 0.364. The zero-order valence-electron chi connectivity index (χ0n) is 8.68. The highest BCUT2D eigenvalue weighted by atomic mass is 32.2. The van der Waals surface area contributed by atoms with Crippen LogP contribution in [0, 0.1) is 11.3 Å². The van der Waals surface area contributed by atoms with E-state index >= 15 is 0 Å². The molecule has 0 amide bonds. The second kappa shape index (κ2) is 4.24. The summed E-state index contributed by atoms with van der Waals surface area (Å²) in [5.41, 5.74) is 0.827. The highest BCUT2D eigenvalue weighted by Crippen LogP contribution is 2.22. The molecule has 0 bridgehead atoms. The number of nitrogens with zero attached hydrogens (tertiary/aromatic N) is 1. The van der Waals surface area contributed by atoms with E-state index in [1.807, 2.05) is 6.07 Å². The molecular formula is C11H12N2O2S. The molecule has 1 saturated carbocycles. The summed E-state index contributed by atoms with van der Waals surface area (Å²) in [6.45, 7) is 0. The largest absolute Gasteiger partial charge is 0.240 e. The lowest BCUT2D eigenvalue weighted by atomic mass is 10.2. The Labute approximate surface area is 95.0 Å². The predicted octanol–water partition coefficient (Wildman–Crippen LogP) is 1.19. The van der Waals surface area contributed by atoms with Crippen LogP contribution in [-0.2, 0) is 16.4 Å². The van der Waals surface area contributed by atoms with Gasteiger partial charge in [0.2, 0.25) is 10.0 Å². The van der Waals surface area contributed by atoms with Crippen molar-refractivity contribution in [1.82, 2.24) is 4.72 Å². The van der Waals surface area contributed by atoms with Gasteiger partial charge in [-0.1, -0.05) is 12.1 Å². The molecule has 16 heavy (non-hydrogen) atoms. The fourth-order valence-corrected chi connectivity index (χ4v) is 2.67. The molecule has 0 radical (unpaired) electrons. The summed E-state index contributed by atoms with van der Waals surface area (Å²) in [6, 6.07) is 8.55. The zero-order valence-corrected chi connectivity index (χ0v) is 9.50. The molecule has 0 spiro atoms. The molecular weight excluding hydrogens is 224 g/mol. The maximum atomic E-state index is 11.8. The lowest BCUT2D eigenvalue weighted by Crippen LogP contribution is -2.25. The Bertz CT molecular complexity index is 510. The first-order valence-corrected chi connectivity index (χ1v) is 6.58. The maximum Gasteiger partial charge on any atom is 0.240 e. The standard InChI is InChI=1S/C11H12N2O2S/c12-8-7-9-1-5-11(6-2-9)16(14,15)13-10-3-4-10/h1-2,5-6,10,13H,3-4,7H2. The van der Waals surface area contributed by atoms with Crippen LogP contribution < -0.4 is 4.72 Å².